The molecule has 124 valence electrons. The number of hydrogen-bond acceptors (Lipinski definition) is 4. The molecule has 6 nitrogen and oxygen atoms in total. The smallest absolute Gasteiger partial charge is 0.271 e. The normalized spacial score (nSPS) is 12.1. The van der Waals surface area contributed by atoms with Gasteiger partial charge in [0.25, 0.3) is 5.91 Å². The van der Waals surface area contributed by atoms with Crippen molar-refractivity contribution in [3.05, 3.63) is 59.4 Å². The van der Waals surface area contributed by atoms with Crippen LogP contribution in [0.1, 0.15) is 17.4 Å². The molecule has 0 saturated carbocycles. The molecular weight excluding hydrogens is 330 g/mol. The zero-order valence-corrected chi connectivity index (χ0v) is 13.7. The van der Waals surface area contributed by atoms with Gasteiger partial charge in [-0.15, -0.1) is 0 Å². The molecule has 0 aliphatic heterocycles. The Morgan fingerprint density at radius 2 is 2.12 bits per heavy atom. The molecule has 0 spiro atoms. The van der Waals surface area contributed by atoms with Crippen molar-refractivity contribution in [1.29, 1.82) is 0 Å². The Hall–Kier alpha value is -2.57. The predicted octanol–water partition coefficient (Wildman–Crippen LogP) is 2.90. The van der Waals surface area contributed by atoms with Crippen molar-refractivity contribution >= 4 is 17.5 Å². The van der Waals surface area contributed by atoms with Crippen molar-refractivity contribution in [2.45, 2.75) is 13.0 Å². The van der Waals surface area contributed by atoms with Gasteiger partial charge in [0.15, 0.2) is 11.5 Å². The number of aliphatic hydroxyl groups is 1. The van der Waals surface area contributed by atoms with Crippen LogP contribution in [0.4, 0.5) is 0 Å². The topological polar surface area (TPSA) is 80.3 Å². The Morgan fingerprint density at radius 3 is 2.75 bits per heavy atom. The summed E-state index contributed by atoms with van der Waals surface area (Å²) in [7, 11) is 0. The minimum atomic E-state index is -0.628. The first kappa shape index (κ1) is 16.3. The fraction of sp³-hybridized carbons (Fsp3) is 0.176. The monoisotopic (exact) mass is 345 g/mol. The molecule has 0 aliphatic carbocycles. The molecule has 0 radical (unpaired) electrons. The lowest BCUT2D eigenvalue weighted by Crippen LogP contribution is -2.30. The Balaban J connectivity index is 2.00. The summed E-state index contributed by atoms with van der Waals surface area (Å²) in [6, 6.07) is 12.3. The number of amides is 1. The second-order valence-electron chi connectivity index (χ2n) is 5.34. The van der Waals surface area contributed by atoms with E-state index < -0.39 is 6.10 Å². The van der Waals surface area contributed by atoms with E-state index in [0.29, 0.717) is 16.5 Å². The minimum Gasteiger partial charge on any atom is -0.463 e. The quantitative estimate of drug-likeness (QED) is 0.745. The zero-order valence-electron chi connectivity index (χ0n) is 12.9. The standard InChI is InChI=1S/C17H16ClN3O3/c1-11(22)10-19-17(23)14-9-15(16-3-2-8-24-16)21(20-14)13-6-4-12(18)5-7-13/h2-9,11,22H,10H2,1H3,(H,19,23). The molecule has 0 saturated heterocycles. The van der Waals surface area contributed by atoms with Crippen LogP contribution in [0, 0.1) is 0 Å². The zero-order chi connectivity index (χ0) is 17.1. The van der Waals surface area contributed by atoms with E-state index in [1.54, 1.807) is 60.3 Å². The van der Waals surface area contributed by atoms with Gasteiger partial charge >= 0.3 is 0 Å². The number of nitrogens with one attached hydrogen (secondary N) is 1. The Labute approximate surface area is 143 Å². The van der Waals surface area contributed by atoms with Gasteiger partial charge in [-0.05, 0) is 43.3 Å². The third-order valence-electron chi connectivity index (χ3n) is 3.34. The number of rotatable bonds is 5. The van der Waals surface area contributed by atoms with Gasteiger partial charge in [-0.2, -0.15) is 5.10 Å². The number of hydrogen-bond donors (Lipinski definition) is 2. The van der Waals surface area contributed by atoms with Gasteiger partial charge in [0.2, 0.25) is 0 Å². The minimum absolute atomic E-state index is 0.155. The summed E-state index contributed by atoms with van der Waals surface area (Å²) in [5.74, 6) is 0.225. The van der Waals surface area contributed by atoms with E-state index in [1.807, 2.05) is 0 Å². The van der Waals surface area contributed by atoms with Crippen LogP contribution in [0.3, 0.4) is 0 Å². The largest absolute Gasteiger partial charge is 0.463 e. The molecule has 24 heavy (non-hydrogen) atoms. The van der Waals surface area contributed by atoms with Crippen molar-refractivity contribution in [2.75, 3.05) is 6.54 Å². The summed E-state index contributed by atoms with van der Waals surface area (Å²) in [5.41, 5.74) is 1.63. The first-order valence-corrected chi connectivity index (χ1v) is 7.78. The summed E-state index contributed by atoms with van der Waals surface area (Å²) >= 11 is 5.93. The second-order valence-corrected chi connectivity index (χ2v) is 5.78. The van der Waals surface area contributed by atoms with E-state index in [-0.39, 0.29) is 18.1 Å². The third-order valence-corrected chi connectivity index (χ3v) is 3.60. The average molecular weight is 346 g/mol. The van der Waals surface area contributed by atoms with Crippen molar-refractivity contribution in [3.8, 4) is 17.1 Å². The lowest BCUT2D eigenvalue weighted by Gasteiger charge is -2.06. The van der Waals surface area contributed by atoms with Gasteiger partial charge in [-0.25, -0.2) is 4.68 Å². The van der Waals surface area contributed by atoms with Crippen LogP contribution in [-0.2, 0) is 0 Å². The van der Waals surface area contributed by atoms with E-state index in [2.05, 4.69) is 10.4 Å². The highest BCUT2D eigenvalue weighted by atomic mass is 35.5. The number of nitrogens with zero attached hydrogens (tertiary/aromatic N) is 2. The van der Waals surface area contributed by atoms with E-state index in [1.165, 1.54) is 0 Å². The highest BCUT2D eigenvalue weighted by Crippen LogP contribution is 2.25. The molecule has 1 aromatic carbocycles. The molecule has 1 unspecified atom stereocenters. The van der Waals surface area contributed by atoms with Gasteiger partial charge in [-0.3, -0.25) is 4.79 Å². The molecule has 2 heterocycles. The van der Waals surface area contributed by atoms with Crippen LogP contribution in [0.15, 0.2) is 53.1 Å². The summed E-state index contributed by atoms with van der Waals surface area (Å²) in [4.78, 5) is 12.2. The van der Waals surface area contributed by atoms with Gasteiger partial charge in [0, 0.05) is 17.6 Å². The number of halogens is 1. The van der Waals surface area contributed by atoms with Crippen molar-refractivity contribution < 1.29 is 14.3 Å². The summed E-state index contributed by atoms with van der Waals surface area (Å²) in [6.45, 7) is 1.75. The molecule has 1 amide bonds. The molecule has 1 atom stereocenters. The summed E-state index contributed by atoms with van der Waals surface area (Å²) in [5, 5.41) is 16.9. The summed E-state index contributed by atoms with van der Waals surface area (Å²) in [6.07, 6.45) is 0.929. The van der Waals surface area contributed by atoms with Gasteiger partial charge in [0.1, 0.15) is 5.69 Å². The van der Waals surface area contributed by atoms with E-state index in [0.717, 1.165) is 5.69 Å². The Bertz CT molecular complexity index is 823. The van der Waals surface area contributed by atoms with Gasteiger partial charge in [0.05, 0.1) is 18.1 Å². The Morgan fingerprint density at radius 1 is 1.38 bits per heavy atom. The molecule has 0 fully saturated rings. The number of furan rings is 1. The van der Waals surface area contributed by atoms with Crippen molar-refractivity contribution in [1.82, 2.24) is 15.1 Å². The second kappa shape index (κ2) is 6.90. The lowest BCUT2D eigenvalue weighted by molar-refractivity contribution is 0.0918. The number of benzene rings is 1. The van der Waals surface area contributed by atoms with Crippen LogP contribution in [0.5, 0.6) is 0 Å². The van der Waals surface area contributed by atoms with Crippen LogP contribution in [-0.4, -0.2) is 33.4 Å². The maximum Gasteiger partial charge on any atom is 0.271 e. The molecular formula is C17H16ClN3O3. The first-order chi connectivity index (χ1) is 11.5. The maximum absolute atomic E-state index is 12.2. The lowest BCUT2D eigenvalue weighted by atomic mass is 10.2. The van der Waals surface area contributed by atoms with E-state index in [9.17, 15) is 9.90 Å². The molecule has 2 N–H and O–H groups in total. The van der Waals surface area contributed by atoms with E-state index >= 15 is 0 Å². The number of carbonyl (C=O) groups is 1. The fourth-order valence-electron chi connectivity index (χ4n) is 2.20. The SMILES string of the molecule is CC(O)CNC(=O)c1cc(-c2ccco2)n(-c2ccc(Cl)cc2)n1. The fourth-order valence-corrected chi connectivity index (χ4v) is 2.33. The number of carbonyl (C=O) groups excluding carboxylic acids is 1. The molecule has 7 heteroatoms. The molecule has 0 bridgehead atoms. The molecule has 0 aliphatic rings. The van der Waals surface area contributed by atoms with Crippen LogP contribution >= 0.6 is 11.6 Å². The van der Waals surface area contributed by atoms with Gasteiger partial charge < -0.3 is 14.8 Å². The number of aromatic nitrogens is 2. The maximum atomic E-state index is 12.2. The van der Waals surface area contributed by atoms with Crippen LogP contribution < -0.4 is 5.32 Å². The highest BCUT2D eigenvalue weighted by molar-refractivity contribution is 6.30. The molecule has 3 aromatic rings. The number of aliphatic hydroxyl groups excluding tert-OH is 1. The Kier molecular flexibility index (Phi) is 4.69. The van der Waals surface area contributed by atoms with Gasteiger partial charge in [-0.1, -0.05) is 11.6 Å². The van der Waals surface area contributed by atoms with Crippen LogP contribution in [0.25, 0.3) is 17.1 Å². The average Bonchev–Trinajstić information content (AvgIpc) is 3.22. The first-order valence-electron chi connectivity index (χ1n) is 7.41. The third kappa shape index (κ3) is 3.50. The van der Waals surface area contributed by atoms with Crippen molar-refractivity contribution in [3.63, 3.8) is 0 Å². The van der Waals surface area contributed by atoms with E-state index in [4.69, 9.17) is 16.0 Å². The predicted molar refractivity (Wildman–Crippen MR) is 90.3 cm³/mol. The highest BCUT2D eigenvalue weighted by Gasteiger charge is 2.18. The molecule has 2 aromatic heterocycles. The molecule has 3 rings (SSSR count). The summed E-state index contributed by atoms with van der Waals surface area (Å²) < 4.78 is 7.06. The van der Waals surface area contributed by atoms with Crippen molar-refractivity contribution in [2.24, 2.45) is 0 Å². The van der Waals surface area contributed by atoms with Crippen LogP contribution in [0.2, 0.25) is 5.02 Å².